The maximum Gasteiger partial charge on any atom is 0.416 e. The molecule has 1 aromatic heterocycles. The normalized spacial score (nSPS) is 23.2. The molecule has 3 aliphatic rings. The quantitative estimate of drug-likeness (QED) is 0.243. The van der Waals surface area contributed by atoms with Crippen LogP contribution in [0.15, 0.2) is 61.3 Å². The largest absolute Gasteiger partial charge is 0.497 e. The number of methoxy groups -OCH3 is 1. The van der Waals surface area contributed by atoms with Crippen molar-refractivity contribution in [3.63, 3.8) is 0 Å². The van der Waals surface area contributed by atoms with Gasteiger partial charge in [-0.25, -0.2) is 4.79 Å². The standard InChI is InChI=1S/C29H27F6N3O3/c1-3-16-15-38-9-7-17(16)10-25(38)26(22-6-8-36-24-5-4-21(40-2)14-23(22)24)41-27(39)37-20-12-18(28(30,31)32)11-19(13-20)29(33,34)35/h3-6,8,11-14,16-17,25-26H,1,7,9-10,15H2,2H3,(H,37,39)/t16-,17-,25-,26+/m0/s1. The van der Waals surface area contributed by atoms with Gasteiger partial charge in [0.05, 0.1) is 29.8 Å². The summed E-state index contributed by atoms with van der Waals surface area (Å²) in [5.74, 6) is 1.09. The number of nitrogens with one attached hydrogen (secondary N) is 1. The third-order valence-corrected chi connectivity index (χ3v) is 7.86. The van der Waals surface area contributed by atoms with Gasteiger partial charge in [0.25, 0.3) is 0 Å². The van der Waals surface area contributed by atoms with Crippen LogP contribution in [0.3, 0.4) is 0 Å². The van der Waals surface area contributed by atoms with E-state index in [1.165, 1.54) is 7.11 Å². The number of benzene rings is 2. The highest BCUT2D eigenvalue weighted by Crippen LogP contribution is 2.44. The molecule has 1 amide bonds. The van der Waals surface area contributed by atoms with Crippen LogP contribution >= 0.6 is 0 Å². The van der Waals surface area contributed by atoms with E-state index < -0.39 is 41.4 Å². The predicted octanol–water partition coefficient (Wildman–Crippen LogP) is 7.47. The zero-order valence-electron chi connectivity index (χ0n) is 21.9. The molecule has 1 N–H and O–H groups in total. The molecule has 6 nitrogen and oxygen atoms in total. The molecule has 0 radical (unpaired) electrons. The van der Waals surface area contributed by atoms with E-state index in [9.17, 15) is 31.1 Å². The third-order valence-electron chi connectivity index (χ3n) is 7.86. The van der Waals surface area contributed by atoms with E-state index in [0.717, 1.165) is 13.0 Å². The first-order chi connectivity index (χ1) is 19.4. The number of ether oxygens (including phenoxy) is 2. The molecule has 3 fully saturated rings. The Hall–Kier alpha value is -3.80. The summed E-state index contributed by atoms with van der Waals surface area (Å²) >= 11 is 0. The summed E-state index contributed by atoms with van der Waals surface area (Å²) in [6.07, 6.45) is -7.15. The Labute approximate surface area is 231 Å². The number of alkyl halides is 6. The van der Waals surface area contributed by atoms with E-state index in [4.69, 9.17) is 9.47 Å². The number of anilines is 1. The molecule has 2 aromatic carbocycles. The molecule has 218 valence electrons. The molecule has 3 aromatic rings. The number of nitrogens with zero attached hydrogens (tertiary/aromatic N) is 2. The zero-order chi connectivity index (χ0) is 29.5. The van der Waals surface area contributed by atoms with Gasteiger partial charge in [-0.1, -0.05) is 6.08 Å². The van der Waals surface area contributed by atoms with Crippen LogP contribution in [-0.4, -0.2) is 42.2 Å². The minimum Gasteiger partial charge on any atom is -0.497 e. The van der Waals surface area contributed by atoms with Crippen LogP contribution in [0, 0.1) is 11.8 Å². The second kappa shape index (κ2) is 10.9. The zero-order valence-corrected chi connectivity index (χ0v) is 21.9. The molecular formula is C29H27F6N3O3. The fourth-order valence-corrected chi connectivity index (χ4v) is 5.85. The molecule has 2 bridgehead atoms. The van der Waals surface area contributed by atoms with Crippen LogP contribution < -0.4 is 10.1 Å². The minimum atomic E-state index is -5.06. The predicted molar refractivity (Wildman–Crippen MR) is 139 cm³/mol. The average Bonchev–Trinajstić information content (AvgIpc) is 2.94. The lowest BCUT2D eigenvalue weighted by Crippen LogP contribution is -2.55. The summed E-state index contributed by atoms with van der Waals surface area (Å²) < 4.78 is 91.4. The molecule has 1 unspecified atom stereocenters. The van der Waals surface area contributed by atoms with Crippen LogP contribution in [-0.2, 0) is 17.1 Å². The maximum absolute atomic E-state index is 13.4. The van der Waals surface area contributed by atoms with Gasteiger partial charge in [0, 0.05) is 29.4 Å². The fraction of sp³-hybridized carbons (Fsp3) is 0.379. The summed E-state index contributed by atoms with van der Waals surface area (Å²) in [6, 6.07) is 7.51. The topological polar surface area (TPSA) is 63.7 Å². The Balaban J connectivity index is 1.51. The van der Waals surface area contributed by atoms with Gasteiger partial charge in [-0.2, -0.15) is 26.3 Å². The van der Waals surface area contributed by atoms with Gasteiger partial charge < -0.3 is 9.47 Å². The molecule has 0 aliphatic carbocycles. The summed E-state index contributed by atoms with van der Waals surface area (Å²) in [6.45, 7) is 5.37. The highest BCUT2D eigenvalue weighted by molar-refractivity contribution is 5.87. The van der Waals surface area contributed by atoms with Crippen molar-refractivity contribution >= 4 is 22.7 Å². The summed E-state index contributed by atoms with van der Waals surface area (Å²) in [5.41, 5.74) is -2.58. The Morgan fingerprint density at radius 1 is 1.10 bits per heavy atom. The van der Waals surface area contributed by atoms with Gasteiger partial charge in [-0.15, -0.1) is 6.58 Å². The van der Waals surface area contributed by atoms with E-state index in [-0.39, 0.29) is 23.9 Å². The number of halogens is 6. The van der Waals surface area contributed by atoms with E-state index >= 15 is 0 Å². The Morgan fingerprint density at radius 2 is 1.80 bits per heavy atom. The van der Waals surface area contributed by atoms with Crippen molar-refractivity contribution in [3.8, 4) is 5.75 Å². The smallest absolute Gasteiger partial charge is 0.416 e. The third kappa shape index (κ3) is 5.97. The lowest BCUT2D eigenvalue weighted by Gasteiger charge is -2.51. The molecule has 3 saturated heterocycles. The van der Waals surface area contributed by atoms with Crippen LogP contribution in [0.2, 0.25) is 0 Å². The molecule has 5 atom stereocenters. The minimum absolute atomic E-state index is 0.00211. The van der Waals surface area contributed by atoms with Crippen LogP contribution in [0.1, 0.15) is 35.6 Å². The second-order valence-corrected chi connectivity index (χ2v) is 10.3. The number of rotatable bonds is 6. The molecule has 12 heteroatoms. The Morgan fingerprint density at radius 3 is 2.39 bits per heavy atom. The maximum atomic E-state index is 13.4. The lowest BCUT2D eigenvalue weighted by atomic mass is 9.73. The first-order valence-electron chi connectivity index (χ1n) is 12.9. The van der Waals surface area contributed by atoms with Crippen molar-refractivity contribution in [3.05, 3.63) is 78.0 Å². The number of carbonyl (C=O) groups excluding carboxylic acids is 1. The van der Waals surface area contributed by atoms with Crippen molar-refractivity contribution in [1.29, 1.82) is 0 Å². The van der Waals surface area contributed by atoms with Gasteiger partial charge >= 0.3 is 18.4 Å². The Kier molecular flexibility index (Phi) is 7.62. The Bertz CT molecular complexity index is 1430. The number of fused-ring (bicyclic) bond motifs is 4. The number of hydrogen-bond acceptors (Lipinski definition) is 5. The highest BCUT2D eigenvalue weighted by atomic mass is 19.4. The van der Waals surface area contributed by atoms with E-state index in [0.29, 0.717) is 47.3 Å². The lowest BCUT2D eigenvalue weighted by molar-refractivity contribution is -0.143. The number of piperidine rings is 3. The van der Waals surface area contributed by atoms with Crippen LogP contribution in [0.4, 0.5) is 36.8 Å². The SMILES string of the molecule is C=C[C@H]1CN2CC[C@H]1C[C@H]2[C@H](OC(=O)Nc1cc(C(F)(F)F)cc(C(F)(F)F)c1)c1ccnc2ccc(OC)cc12. The monoisotopic (exact) mass is 579 g/mol. The van der Waals surface area contributed by atoms with Gasteiger partial charge in [0.2, 0.25) is 0 Å². The molecular weight excluding hydrogens is 552 g/mol. The van der Waals surface area contributed by atoms with Gasteiger partial charge in [-0.05, 0) is 73.7 Å². The first-order valence-corrected chi connectivity index (χ1v) is 12.9. The summed E-state index contributed by atoms with van der Waals surface area (Å²) in [4.78, 5) is 19.7. The van der Waals surface area contributed by atoms with Crippen molar-refractivity contribution in [1.82, 2.24) is 9.88 Å². The van der Waals surface area contributed by atoms with E-state index in [2.05, 4.69) is 21.8 Å². The van der Waals surface area contributed by atoms with E-state index in [1.54, 1.807) is 30.5 Å². The number of carbonyl (C=O) groups is 1. The highest BCUT2D eigenvalue weighted by Gasteiger charge is 2.44. The molecule has 41 heavy (non-hydrogen) atoms. The number of hydrogen-bond donors (Lipinski definition) is 1. The first kappa shape index (κ1) is 28.7. The number of pyridine rings is 1. The van der Waals surface area contributed by atoms with Crippen molar-refractivity contribution in [2.24, 2.45) is 11.8 Å². The fourth-order valence-electron chi connectivity index (χ4n) is 5.85. The second-order valence-electron chi connectivity index (χ2n) is 10.3. The van der Waals surface area contributed by atoms with Crippen molar-refractivity contribution in [2.75, 3.05) is 25.5 Å². The average molecular weight is 580 g/mol. The van der Waals surface area contributed by atoms with Crippen LogP contribution in [0.25, 0.3) is 10.9 Å². The number of aromatic nitrogens is 1. The van der Waals surface area contributed by atoms with E-state index in [1.807, 2.05) is 6.08 Å². The van der Waals surface area contributed by atoms with Crippen molar-refractivity contribution < 1.29 is 40.6 Å². The molecule has 0 saturated carbocycles. The van der Waals surface area contributed by atoms with Crippen molar-refractivity contribution in [2.45, 2.75) is 37.3 Å². The molecule has 0 spiro atoms. The summed E-state index contributed by atoms with van der Waals surface area (Å²) in [5, 5.41) is 2.75. The van der Waals surface area contributed by atoms with Gasteiger partial charge in [0.15, 0.2) is 0 Å². The van der Waals surface area contributed by atoms with Gasteiger partial charge in [-0.3, -0.25) is 15.2 Å². The summed E-state index contributed by atoms with van der Waals surface area (Å²) in [7, 11) is 1.50. The van der Waals surface area contributed by atoms with Gasteiger partial charge in [0.1, 0.15) is 11.9 Å². The molecule has 6 rings (SSSR count). The number of amides is 1. The van der Waals surface area contributed by atoms with Crippen LogP contribution in [0.5, 0.6) is 5.75 Å². The molecule has 3 aliphatic heterocycles. The molecule has 4 heterocycles.